The first-order valence-corrected chi connectivity index (χ1v) is 10.3. The molecule has 0 aliphatic rings. The molecule has 0 saturated carbocycles. The molecule has 0 aromatic heterocycles. The highest BCUT2D eigenvalue weighted by molar-refractivity contribution is 9.10. The number of para-hydroxylation sites is 1. The van der Waals surface area contributed by atoms with Gasteiger partial charge >= 0.3 is 0 Å². The van der Waals surface area contributed by atoms with Crippen LogP contribution in [0.3, 0.4) is 0 Å². The average molecular weight is 430 g/mol. The molecule has 0 amide bonds. The van der Waals surface area contributed by atoms with Crippen molar-refractivity contribution in [2.75, 3.05) is 6.61 Å². The second-order valence-electron chi connectivity index (χ2n) is 7.31. The van der Waals surface area contributed by atoms with Crippen LogP contribution in [-0.2, 0) is 6.42 Å². The minimum absolute atomic E-state index is 0.231. The third-order valence-electron chi connectivity index (χ3n) is 4.47. The molecule has 2 rings (SSSR count). The van der Waals surface area contributed by atoms with Gasteiger partial charge in [-0.05, 0) is 72.8 Å². The Hall–Kier alpha value is -1.99. The maximum absolute atomic E-state index is 9.07. The van der Waals surface area contributed by atoms with E-state index in [0.717, 1.165) is 59.4 Å². The number of ether oxygens (including phenoxy) is 2. The second-order valence-corrected chi connectivity index (χ2v) is 8.17. The zero-order chi connectivity index (χ0) is 19.7. The molecule has 2 aromatic carbocycles. The fraction of sp³-hybridized carbons (Fsp3) is 0.435. The second kappa shape index (κ2) is 10.4. The van der Waals surface area contributed by atoms with Crippen LogP contribution in [0.4, 0.5) is 0 Å². The summed E-state index contributed by atoms with van der Waals surface area (Å²) < 4.78 is 13.0. The number of benzene rings is 2. The molecule has 0 heterocycles. The molecule has 144 valence electrons. The zero-order valence-electron chi connectivity index (χ0n) is 16.4. The Morgan fingerprint density at radius 1 is 1.04 bits per heavy atom. The number of hydrogen-bond donors (Lipinski definition) is 0. The summed E-state index contributed by atoms with van der Waals surface area (Å²) in [4.78, 5) is 0. The summed E-state index contributed by atoms with van der Waals surface area (Å²) in [5, 5.41) is 9.07. The van der Waals surface area contributed by atoms with Gasteiger partial charge in [0.1, 0.15) is 17.2 Å². The molecule has 0 saturated heterocycles. The predicted molar refractivity (Wildman–Crippen MR) is 113 cm³/mol. The summed E-state index contributed by atoms with van der Waals surface area (Å²) in [6, 6.07) is 16.1. The van der Waals surface area contributed by atoms with Gasteiger partial charge in [-0.1, -0.05) is 38.0 Å². The number of nitrogens with zero attached hydrogens (tertiary/aromatic N) is 1. The molecule has 0 bridgehead atoms. The van der Waals surface area contributed by atoms with E-state index in [0.29, 0.717) is 6.61 Å². The van der Waals surface area contributed by atoms with Crippen molar-refractivity contribution >= 4 is 15.9 Å². The topological polar surface area (TPSA) is 42.2 Å². The van der Waals surface area contributed by atoms with Crippen molar-refractivity contribution < 1.29 is 9.47 Å². The first-order valence-electron chi connectivity index (χ1n) is 9.54. The van der Waals surface area contributed by atoms with Crippen LogP contribution in [-0.4, -0.2) is 6.61 Å². The maximum atomic E-state index is 9.07. The Morgan fingerprint density at radius 3 is 2.44 bits per heavy atom. The van der Waals surface area contributed by atoms with E-state index >= 15 is 0 Å². The third-order valence-corrected chi connectivity index (χ3v) is 5.09. The molecular formula is C23H28BrNO2. The van der Waals surface area contributed by atoms with Crippen LogP contribution in [0.2, 0.25) is 0 Å². The number of unbranched alkanes of at least 4 members (excludes halogenated alkanes) is 2. The normalized spacial score (nSPS) is 11.1. The van der Waals surface area contributed by atoms with E-state index in [9.17, 15) is 0 Å². The lowest BCUT2D eigenvalue weighted by molar-refractivity contribution is 0.296. The van der Waals surface area contributed by atoms with E-state index in [1.807, 2.05) is 50.2 Å². The Labute approximate surface area is 171 Å². The molecule has 0 fully saturated rings. The molecule has 0 radical (unpaired) electrons. The van der Waals surface area contributed by atoms with Crippen LogP contribution < -0.4 is 9.47 Å². The summed E-state index contributed by atoms with van der Waals surface area (Å²) in [5.41, 5.74) is 0.930. The first kappa shape index (κ1) is 21.3. The Bertz CT molecular complexity index is 766. The van der Waals surface area contributed by atoms with Crippen LogP contribution in [0.5, 0.6) is 17.2 Å². The Balaban J connectivity index is 1.93. The largest absolute Gasteiger partial charge is 0.493 e. The van der Waals surface area contributed by atoms with E-state index in [2.05, 4.69) is 35.0 Å². The van der Waals surface area contributed by atoms with E-state index in [1.54, 1.807) is 0 Å². The van der Waals surface area contributed by atoms with Crippen molar-refractivity contribution in [1.82, 2.24) is 0 Å². The highest BCUT2D eigenvalue weighted by atomic mass is 79.9. The molecule has 3 nitrogen and oxygen atoms in total. The summed E-state index contributed by atoms with van der Waals surface area (Å²) in [6.45, 7) is 6.78. The summed E-state index contributed by atoms with van der Waals surface area (Å²) >= 11 is 3.60. The van der Waals surface area contributed by atoms with Crippen LogP contribution >= 0.6 is 15.9 Å². The van der Waals surface area contributed by atoms with Crippen LogP contribution in [0.25, 0.3) is 0 Å². The van der Waals surface area contributed by atoms with Crippen LogP contribution in [0.1, 0.15) is 52.0 Å². The van der Waals surface area contributed by atoms with E-state index < -0.39 is 0 Å². The maximum Gasteiger partial charge on any atom is 0.145 e. The van der Waals surface area contributed by atoms with Gasteiger partial charge in [0, 0.05) is 6.07 Å². The fourth-order valence-electron chi connectivity index (χ4n) is 2.76. The minimum Gasteiger partial charge on any atom is -0.493 e. The smallest absolute Gasteiger partial charge is 0.145 e. The van der Waals surface area contributed by atoms with Crippen molar-refractivity contribution in [1.29, 1.82) is 5.26 Å². The molecule has 0 aliphatic carbocycles. The fourth-order valence-corrected chi connectivity index (χ4v) is 3.24. The predicted octanol–water partition coefficient (Wildman–Crippen LogP) is 7.29. The van der Waals surface area contributed by atoms with E-state index in [1.165, 1.54) is 0 Å². The zero-order valence-corrected chi connectivity index (χ0v) is 18.0. The lowest BCUT2D eigenvalue weighted by Gasteiger charge is -2.16. The third kappa shape index (κ3) is 6.92. The lowest BCUT2D eigenvalue weighted by Crippen LogP contribution is -2.07. The van der Waals surface area contributed by atoms with Crippen molar-refractivity contribution in [3.63, 3.8) is 0 Å². The van der Waals surface area contributed by atoms with Gasteiger partial charge in [-0.25, -0.2) is 0 Å². The van der Waals surface area contributed by atoms with Gasteiger partial charge in [-0.15, -0.1) is 0 Å². The van der Waals surface area contributed by atoms with Crippen LogP contribution in [0.15, 0.2) is 46.9 Å². The molecule has 0 aliphatic heterocycles. The standard InChI is InChI=1S/C23H28BrNO2/c1-4-18-15-20(24)22(27-19-11-7-5-8-12-19)16-21(18)26-14-10-6-9-13-23(2,3)17-25/h5,7-8,11-12,15-16H,4,6,9-10,13-14H2,1-3H3. The van der Waals surface area contributed by atoms with Gasteiger partial charge in [0.05, 0.1) is 22.6 Å². The number of rotatable bonds is 10. The van der Waals surface area contributed by atoms with Crippen molar-refractivity contribution in [2.45, 2.75) is 52.9 Å². The monoisotopic (exact) mass is 429 g/mol. The number of halogens is 1. The summed E-state index contributed by atoms with van der Waals surface area (Å²) in [5.74, 6) is 2.43. The highest BCUT2D eigenvalue weighted by Gasteiger charge is 2.15. The summed E-state index contributed by atoms with van der Waals surface area (Å²) in [7, 11) is 0. The lowest BCUT2D eigenvalue weighted by atomic mass is 9.89. The van der Waals surface area contributed by atoms with Crippen molar-refractivity contribution in [3.8, 4) is 23.3 Å². The van der Waals surface area contributed by atoms with Crippen molar-refractivity contribution in [3.05, 3.63) is 52.5 Å². The number of aryl methyl sites for hydroxylation is 1. The molecule has 4 heteroatoms. The molecule has 27 heavy (non-hydrogen) atoms. The molecule has 0 spiro atoms. The van der Waals surface area contributed by atoms with E-state index in [-0.39, 0.29) is 5.41 Å². The molecule has 0 N–H and O–H groups in total. The van der Waals surface area contributed by atoms with E-state index in [4.69, 9.17) is 14.7 Å². The molecular weight excluding hydrogens is 402 g/mol. The quantitative estimate of drug-likeness (QED) is 0.372. The average Bonchev–Trinajstić information content (AvgIpc) is 2.67. The van der Waals surface area contributed by atoms with Gasteiger partial charge in [0.15, 0.2) is 0 Å². The van der Waals surface area contributed by atoms with Gasteiger partial charge in [0.2, 0.25) is 0 Å². The highest BCUT2D eigenvalue weighted by Crippen LogP contribution is 2.36. The molecule has 0 unspecified atom stereocenters. The number of hydrogen-bond acceptors (Lipinski definition) is 3. The van der Waals surface area contributed by atoms with Gasteiger partial charge in [-0.3, -0.25) is 0 Å². The Kier molecular flexibility index (Phi) is 8.19. The van der Waals surface area contributed by atoms with Gasteiger partial charge in [0.25, 0.3) is 0 Å². The van der Waals surface area contributed by atoms with Crippen LogP contribution in [0, 0.1) is 16.7 Å². The SMILES string of the molecule is CCc1cc(Br)c(Oc2ccccc2)cc1OCCCCCC(C)(C)C#N. The molecule has 0 atom stereocenters. The first-order chi connectivity index (χ1) is 12.9. The summed E-state index contributed by atoms with van der Waals surface area (Å²) in [6.07, 6.45) is 4.92. The Morgan fingerprint density at radius 2 is 1.78 bits per heavy atom. The van der Waals surface area contributed by atoms with Gasteiger partial charge in [-0.2, -0.15) is 5.26 Å². The van der Waals surface area contributed by atoms with Crippen molar-refractivity contribution in [2.24, 2.45) is 5.41 Å². The van der Waals surface area contributed by atoms with Gasteiger partial charge < -0.3 is 9.47 Å². The minimum atomic E-state index is -0.231. The number of nitriles is 1. The molecule has 2 aromatic rings.